The highest BCUT2D eigenvalue weighted by Gasteiger charge is 1.99. The molecule has 13 heavy (non-hydrogen) atoms. The molecule has 1 N–H and O–H groups in total. The summed E-state index contributed by atoms with van der Waals surface area (Å²) in [5.74, 6) is -0.269. The Labute approximate surface area is 74.5 Å². The lowest BCUT2D eigenvalue weighted by molar-refractivity contribution is 0.630. The quantitative estimate of drug-likeness (QED) is 0.641. The summed E-state index contributed by atoms with van der Waals surface area (Å²) in [6, 6.07) is 9.73. The van der Waals surface area contributed by atoms with Crippen molar-refractivity contribution in [2.75, 3.05) is 0 Å². The van der Waals surface area contributed by atoms with Gasteiger partial charge in [0.2, 0.25) is 0 Å². The zero-order chi connectivity index (χ0) is 9.26. The number of rotatable bonds is 1. The fourth-order valence-electron chi connectivity index (χ4n) is 1.33. The van der Waals surface area contributed by atoms with Crippen molar-refractivity contribution in [1.82, 2.24) is 0 Å². The van der Waals surface area contributed by atoms with Crippen LogP contribution in [-0.2, 0) is 0 Å². The Hall–Kier alpha value is -1.77. The standard InChI is InChI=1S/C10H7FN2/c11-8-4-5-9-7(6-8)2-1-3-10(9)13-12/h1-6,12H. The molecule has 0 spiro atoms. The SMILES string of the molecule is N=Nc1cccc2cc(F)ccc12. The van der Waals surface area contributed by atoms with Gasteiger partial charge < -0.3 is 0 Å². The molecule has 64 valence electrons. The third-order valence-electron chi connectivity index (χ3n) is 1.94. The maximum Gasteiger partial charge on any atom is 0.123 e. The fraction of sp³-hybridized carbons (Fsp3) is 0. The van der Waals surface area contributed by atoms with Crippen LogP contribution >= 0.6 is 0 Å². The molecule has 0 aromatic heterocycles. The van der Waals surface area contributed by atoms with Crippen LogP contribution in [-0.4, -0.2) is 0 Å². The number of nitrogens with one attached hydrogen (secondary N) is 1. The molecular formula is C10H7FN2. The van der Waals surface area contributed by atoms with E-state index in [2.05, 4.69) is 5.11 Å². The van der Waals surface area contributed by atoms with Gasteiger partial charge in [-0.1, -0.05) is 12.1 Å². The van der Waals surface area contributed by atoms with Crippen molar-refractivity contribution in [3.05, 3.63) is 42.2 Å². The summed E-state index contributed by atoms with van der Waals surface area (Å²) in [6.07, 6.45) is 0. The van der Waals surface area contributed by atoms with E-state index in [1.165, 1.54) is 12.1 Å². The third kappa shape index (κ3) is 1.28. The first-order chi connectivity index (χ1) is 6.31. The van der Waals surface area contributed by atoms with E-state index in [1.54, 1.807) is 24.3 Å². The molecule has 0 aliphatic heterocycles. The zero-order valence-corrected chi connectivity index (χ0v) is 6.79. The van der Waals surface area contributed by atoms with Gasteiger partial charge in [0.15, 0.2) is 0 Å². The van der Waals surface area contributed by atoms with Crippen LogP contribution in [0, 0.1) is 11.3 Å². The number of nitrogens with zero attached hydrogens (tertiary/aromatic N) is 1. The predicted molar refractivity (Wildman–Crippen MR) is 48.7 cm³/mol. The summed E-state index contributed by atoms with van der Waals surface area (Å²) in [6.45, 7) is 0. The molecule has 0 heterocycles. The summed E-state index contributed by atoms with van der Waals surface area (Å²) in [5.41, 5.74) is 7.48. The van der Waals surface area contributed by atoms with Crippen LogP contribution in [0.15, 0.2) is 41.5 Å². The molecule has 2 aromatic rings. The average Bonchev–Trinajstić information content (AvgIpc) is 2.16. The lowest BCUT2D eigenvalue weighted by Gasteiger charge is -1.99. The Morgan fingerprint density at radius 1 is 1.15 bits per heavy atom. The minimum absolute atomic E-state index is 0.269. The highest BCUT2D eigenvalue weighted by Crippen LogP contribution is 2.25. The van der Waals surface area contributed by atoms with Gasteiger partial charge in [-0.25, -0.2) is 9.92 Å². The minimum Gasteiger partial charge on any atom is -0.207 e. The fourth-order valence-corrected chi connectivity index (χ4v) is 1.33. The van der Waals surface area contributed by atoms with Crippen molar-refractivity contribution in [1.29, 1.82) is 5.53 Å². The summed E-state index contributed by atoms with van der Waals surface area (Å²) in [7, 11) is 0. The Morgan fingerprint density at radius 3 is 2.77 bits per heavy atom. The molecule has 0 atom stereocenters. The van der Waals surface area contributed by atoms with Gasteiger partial charge in [-0.05, 0) is 29.7 Å². The number of hydrogen-bond acceptors (Lipinski definition) is 2. The largest absolute Gasteiger partial charge is 0.207 e. The van der Waals surface area contributed by atoms with E-state index in [0.717, 1.165) is 10.8 Å². The zero-order valence-electron chi connectivity index (χ0n) is 6.79. The van der Waals surface area contributed by atoms with Crippen molar-refractivity contribution >= 4 is 16.5 Å². The molecule has 0 saturated carbocycles. The molecule has 0 bridgehead atoms. The predicted octanol–water partition coefficient (Wildman–Crippen LogP) is 3.64. The average molecular weight is 174 g/mol. The number of hydrogen-bond donors (Lipinski definition) is 1. The summed E-state index contributed by atoms with van der Waals surface area (Å²) >= 11 is 0. The topological polar surface area (TPSA) is 36.2 Å². The van der Waals surface area contributed by atoms with E-state index in [0.29, 0.717) is 5.69 Å². The Kier molecular flexibility index (Phi) is 1.77. The lowest BCUT2D eigenvalue weighted by Crippen LogP contribution is -1.76. The van der Waals surface area contributed by atoms with E-state index in [4.69, 9.17) is 5.53 Å². The molecule has 0 aliphatic carbocycles. The summed E-state index contributed by atoms with van der Waals surface area (Å²) in [5, 5.41) is 4.93. The molecule has 0 amide bonds. The van der Waals surface area contributed by atoms with E-state index in [1.807, 2.05) is 0 Å². The highest BCUT2D eigenvalue weighted by atomic mass is 19.1. The van der Waals surface area contributed by atoms with Crippen molar-refractivity contribution < 1.29 is 4.39 Å². The number of halogens is 1. The van der Waals surface area contributed by atoms with E-state index >= 15 is 0 Å². The van der Waals surface area contributed by atoms with Gasteiger partial charge in [0, 0.05) is 5.39 Å². The van der Waals surface area contributed by atoms with Gasteiger partial charge in [0.25, 0.3) is 0 Å². The first-order valence-corrected chi connectivity index (χ1v) is 3.87. The summed E-state index contributed by atoms with van der Waals surface area (Å²) in [4.78, 5) is 0. The first kappa shape index (κ1) is 7.86. The maximum atomic E-state index is 12.8. The normalized spacial score (nSPS) is 10.2. The molecule has 0 radical (unpaired) electrons. The van der Waals surface area contributed by atoms with Crippen LogP contribution in [0.4, 0.5) is 10.1 Å². The van der Waals surface area contributed by atoms with E-state index in [-0.39, 0.29) is 5.82 Å². The molecule has 2 rings (SSSR count). The van der Waals surface area contributed by atoms with Gasteiger partial charge in [-0.3, -0.25) is 0 Å². The van der Waals surface area contributed by atoms with Crippen LogP contribution < -0.4 is 0 Å². The smallest absolute Gasteiger partial charge is 0.123 e. The van der Waals surface area contributed by atoms with Crippen LogP contribution in [0.25, 0.3) is 10.8 Å². The van der Waals surface area contributed by atoms with Crippen molar-refractivity contribution in [3.8, 4) is 0 Å². The van der Waals surface area contributed by atoms with E-state index in [9.17, 15) is 4.39 Å². The second kappa shape index (κ2) is 2.94. The van der Waals surface area contributed by atoms with Crippen LogP contribution in [0.3, 0.4) is 0 Å². The summed E-state index contributed by atoms with van der Waals surface area (Å²) < 4.78 is 12.8. The molecule has 2 nitrogen and oxygen atoms in total. The number of benzene rings is 2. The Balaban J connectivity index is 2.84. The molecule has 0 fully saturated rings. The van der Waals surface area contributed by atoms with Crippen molar-refractivity contribution in [2.45, 2.75) is 0 Å². The molecule has 3 heteroatoms. The minimum atomic E-state index is -0.269. The second-order valence-corrected chi connectivity index (χ2v) is 2.75. The van der Waals surface area contributed by atoms with Crippen LogP contribution in [0.1, 0.15) is 0 Å². The van der Waals surface area contributed by atoms with Gasteiger partial charge in [0.1, 0.15) is 5.82 Å². The first-order valence-electron chi connectivity index (χ1n) is 3.87. The van der Waals surface area contributed by atoms with Crippen LogP contribution in [0.2, 0.25) is 0 Å². The molecule has 0 aliphatic rings. The second-order valence-electron chi connectivity index (χ2n) is 2.75. The number of fused-ring (bicyclic) bond motifs is 1. The maximum absolute atomic E-state index is 12.8. The van der Waals surface area contributed by atoms with Crippen molar-refractivity contribution in [3.63, 3.8) is 0 Å². The molecule has 0 unspecified atom stereocenters. The van der Waals surface area contributed by atoms with Gasteiger partial charge in [-0.2, -0.15) is 5.11 Å². The van der Waals surface area contributed by atoms with E-state index < -0.39 is 0 Å². The third-order valence-corrected chi connectivity index (χ3v) is 1.94. The molecule has 2 aromatic carbocycles. The highest BCUT2D eigenvalue weighted by molar-refractivity contribution is 5.92. The lowest BCUT2D eigenvalue weighted by atomic mass is 10.1. The van der Waals surface area contributed by atoms with Gasteiger partial charge >= 0.3 is 0 Å². The van der Waals surface area contributed by atoms with Crippen LogP contribution in [0.5, 0.6) is 0 Å². The van der Waals surface area contributed by atoms with Gasteiger partial charge in [-0.15, -0.1) is 0 Å². The Bertz CT molecular complexity index is 465. The Morgan fingerprint density at radius 2 is 2.00 bits per heavy atom. The van der Waals surface area contributed by atoms with Gasteiger partial charge in [0.05, 0.1) is 5.69 Å². The van der Waals surface area contributed by atoms with Crippen molar-refractivity contribution in [2.24, 2.45) is 5.11 Å². The molecule has 0 saturated heterocycles. The molecular weight excluding hydrogens is 167 g/mol. The monoisotopic (exact) mass is 174 g/mol.